The fraction of sp³-hybridized carbons (Fsp3) is 0.250. The first kappa shape index (κ1) is 15.3. The van der Waals surface area contributed by atoms with Crippen molar-refractivity contribution in [1.29, 1.82) is 0 Å². The van der Waals surface area contributed by atoms with Gasteiger partial charge in [0.05, 0.1) is 4.92 Å². The number of rotatable bonds is 5. The molecule has 2 aromatic rings. The zero-order valence-corrected chi connectivity index (χ0v) is 12.8. The minimum Gasteiger partial charge on any atom is -0.341 e. The average Bonchev–Trinajstić information content (AvgIpc) is 2.48. The fourth-order valence-corrected chi connectivity index (χ4v) is 2.56. The van der Waals surface area contributed by atoms with Crippen LogP contribution in [0.1, 0.15) is 18.1 Å². The van der Waals surface area contributed by atoms with Gasteiger partial charge in [-0.2, -0.15) is 0 Å². The number of nitro benzene ring substituents is 1. The standard InChI is InChI=1S/C16H17ClN2O2/c1-3-18(14-6-4-5-12(2)9-14)16-8-7-15(19(20)21)10-13(16)11-17/h4-10H,3,11H2,1-2H3. The molecule has 4 nitrogen and oxygen atoms in total. The minimum atomic E-state index is -0.400. The van der Waals surface area contributed by atoms with Crippen LogP contribution in [0.25, 0.3) is 0 Å². The van der Waals surface area contributed by atoms with Crippen molar-refractivity contribution in [2.75, 3.05) is 11.4 Å². The molecule has 0 saturated carbocycles. The van der Waals surface area contributed by atoms with E-state index >= 15 is 0 Å². The molecule has 0 spiro atoms. The van der Waals surface area contributed by atoms with Crippen LogP contribution in [-0.2, 0) is 5.88 Å². The van der Waals surface area contributed by atoms with E-state index < -0.39 is 4.92 Å². The number of hydrogen-bond acceptors (Lipinski definition) is 3. The highest BCUT2D eigenvalue weighted by molar-refractivity contribution is 6.17. The molecule has 0 amide bonds. The Hall–Kier alpha value is -2.07. The number of hydrogen-bond donors (Lipinski definition) is 0. The van der Waals surface area contributed by atoms with E-state index in [9.17, 15) is 10.1 Å². The molecule has 0 N–H and O–H groups in total. The number of non-ortho nitro benzene ring substituents is 1. The van der Waals surface area contributed by atoms with Crippen molar-refractivity contribution in [1.82, 2.24) is 0 Å². The molecule has 0 aliphatic carbocycles. The molecule has 0 atom stereocenters. The maximum absolute atomic E-state index is 10.9. The third kappa shape index (κ3) is 3.34. The van der Waals surface area contributed by atoms with E-state index in [1.54, 1.807) is 12.1 Å². The van der Waals surface area contributed by atoms with Crippen molar-refractivity contribution in [3.63, 3.8) is 0 Å². The molecule has 0 unspecified atom stereocenters. The molecule has 0 saturated heterocycles. The van der Waals surface area contributed by atoms with Crippen molar-refractivity contribution in [3.8, 4) is 0 Å². The predicted molar refractivity (Wildman–Crippen MR) is 86.5 cm³/mol. The van der Waals surface area contributed by atoms with Gasteiger partial charge in [0, 0.05) is 35.9 Å². The quantitative estimate of drug-likeness (QED) is 0.453. The molecular weight excluding hydrogens is 288 g/mol. The van der Waals surface area contributed by atoms with Crippen LogP contribution < -0.4 is 4.90 Å². The maximum Gasteiger partial charge on any atom is 0.269 e. The summed E-state index contributed by atoms with van der Waals surface area (Å²) in [7, 11) is 0. The maximum atomic E-state index is 10.9. The van der Waals surface area contributed by atoms with Gasteiger partial charge in [-0.15, -0.1) is 11.6 Å². The lowest BCUT2D eigenvalue weighted by Crippen LogP contribution is -2.17. The van der Waals surface area contributed by atoms with Crippen LogP contribution >= 0.6 is 11.6 Å². The lowest BCUT2D eigenvalue weighted by atomic mass is 10.1. The summed E-state index contributed by atoms with van der Waals surface area (Å²) in [6.07, 6.45) is 0. The zero-order valence-electron chi connectivity index (χ0n) is 12.0. The van der Waals surface area contributed by atoms with Crippen LogP contribution in [0.4, 0.5) is 17.1 Å². The van der Waals surface area contributed by atoms with Crippen LogP contribution in [0.3, 0.4) is 0 Å². The van der Waals surface area contributed by atoms with Gasteiger partial charge in [-0.1, -0.05) is 12.1 Å². The largest absolute Gasteiger partial charge is 0.341 e. The van der Waals surface area contributed by atoms with E-state index in [2.05, 4.69) is 11.0 Å². The lowest BCUT2D eigenvalue weighted by Gasteiger charge is -2.25. The molecule has 0 aromatic heterocycles. The van der Waals surface area contributed by atoms with Crippen LogP contribution in [0, 0.1) is 17.0 Å². The van der Waals surface area contributed by atoms with Gasteiger partial charge in [0.1, 0.15) is 0 Å². The second-order valence-corrected chi connectivity index (χ2v) is 5.05. The highest BCUT2D eigenvalue weighted by Gasteiger charge is 2.15. The predicted octanol–water partition coefficient (Wildman–Crippen LogP) is 4.80. The number of halogens is 1. The van der Waals surface area contributed by atoms with Gasteiger partial charge < -0.3 is 4.90 Å². The molecule has 110 valence electrons. The molecule has 0 fully saturated rings. The normalized spacial score (nSPS) is 10.4. The van der Waals surface area contributed by atoms with Gasteiger partial charge in [0.15, 0.2) is 0 Å². The van der Waals surface area contributed by atoms with E-state index in [0.717, 1.165) is 23.5 Å². The number of nitro groups is 1. The van der Waals surface area contributed by atoms with Crippen molar-refractivity contribution in [2.45, 2.75) is 19.7 Å². The first-order valence-electron chi connectivity index (χ1n) is 6.74. The molecule has 2 rings (SSSR count). The van der Waals surface area contributed by atoms with E-state index in [1.165, 1.54) is 11.6 Å². The van der Waals surface area contributed by atoms with Crippen molar-refractivity contribution in [2.24, 2.45) is 0 Å². The summed E-state index contributed by atoms with van der Waals surface area (Å²) >= 11 is 5.98. The summed E-state index contributed by atoms with van der Waals surface area (Å²) in [6.45, 7) is 4.84. The monoisotopic (exact) mass is 304 g/mol. The van der Waals surface area contributed by atoms with Crippen molar-refractivity contribution >= 4 is 28.7 Å². The number of nitrogens with zero attached hydrogens (tertiary/aromatic N) is 2. The Morgan fingerprint density at radius 3 is 2.57 bits per heavy atom. The zero-order chi connectivity index (χ0) is 15.4. The van der Waals surface area contributed by atoms with Crippen molar-refractivity contribution in [3.05, 3.63) is 63.7 Å². The second-order valence-electron chi connectivity index (χ2n) is 4.79. The third-order valence-corrected chi connectivity index (χ3v) is 3.63. The smallest absolute Gasteiger partial charge is 0.269 e. The van der Waals surface area contributed by atoms with E-state index in [0.29, 0.717) is 0 Å². The molecule has 0 heterocycles. The van der Waals surface area contributed by atoms with Crippen molar-refractivity contribution < 1.29 is 4.92 Å². The SMILES string of the molecule is CCN(c1cccc(C)c1)c1ccc([N+](=O)[O-])cc1CCl. The van der Waals surface area contributed by atoms with Crippen LogP contribution in [0.2, 0.25) is 0 Å². The summed E-state index contributed by atoms with van der Waals surface area (Å²) in [5.41, 5.74) is 3.95. The van der Waals surface area contributed by atoms with Gasteiger partial charge in [-0.05, 0) is 43.2 Å². The van der Waals surface area contributed by atoms with Gasteiger partial charge in [-0.3, -0.25) is 10.1 Å². The average molecular weight is 305 g/mol. The first-order valence-corrected chi connectivity index (χ1v) is 7.27. The number of aryl methyl sites for hydroxylation is 1. The topological polar surface area (TPSA) is 46.4 Å². The lowest BCUT2D eigenvalue weighted by molar-refractivity contribution is -0.384. The number of anilines is 2. The summed E-state index contributed by atoms with van der Waals surface area (Å²) < 4.78 is 0. The van der Waals surface area contributed by atoms with E-state index in [-0.39, 0.29) is 11.6 Å². The highest BCUT2D eigenvalue weighted by atomic mass is 35.5. The van der Waals surface area contributed by atoms with E-state index in [1.807, 2.05) is 32.0 Å². The van der Waals surface area contributed by atoms with Gasteiger partial charge in [-0.25, -0.2) is 0 Å². The molecule has 0 radical (unpaired) electrons. The highest BCUT2D eigenvalue weighted by Crippen LogP contribution is 2.32. The molecule has 5 heteroatoms. The van der Waals surface area contributed by atoms with Crippen LogP contribution in [-0.4, -0.2) is 11.5 Å². The Bertz CT molecular complexity index is 658. The summed E-state index contributed by atoms with van der Waals surface area (Å²) in [5, 5.41) is 10.9. The second kappa shape index (κ2) is 6.59. The molecule has 0 aliphatic rings. The molecule has 0 aliphatic heterocycles. The Kier molecular flexibility index (Phi) is 4.81. The van der Waals surface area contributed by atoms with E-state index in [4.69, 9.17) is 11.6 Å². The molecular formula is C16H17ClN2O2. The summed E-state index contributed by atoms with van der Waals surface area (Å²) in [5.74, 6) is 0.235. The number of alkyl halides is 1. The Labute approximate surface area is 129 Å². The van der Waals surface area contributed by atoms with Gasteiger partial charge >= 0.3 is 0 Å². The molecule has 2 aromatic carbocycles. The third-order valence-electron chi connectivity index (χ3n) is 3.34. The van der Waals surface area contributed by atoms with Gasteiger partial charge in [0.25, 0.3) is 5.69 Å². The first-order chi connectivity index (χ1) is 10.1. The minimum absolute atomic E-state index is 0.0645. The van der Waals surface area contributed by atoms with Crippen LogP contribution in [0.5, 0.6) is 0 Å². The molecule has 21 heavy (non-hydrogen) atoms. The van der Waals surface area contributed by atoms with Crippen LogP contribution in [0.15, 0.2) is 42.5 Å². The van der Waals surface area contributed by atoms with Gasteiger partial charge in [0.2, 0.25) is 0 Å². The summed E-state index contributed by atoms with van der Waals surface area (Å²) in [4.78, 5) is 12.6. The molecule has 0 bridgehead atoms. The Balaban J connectivity index is 2.49. The number of benzene rings is 2. The fourth-order valence-electron chi connectivity index (χ4n) is 2.34. The Morgan fingerprint density at radius 2 is 2.00 bits per heavy atom. The summed E-state index contributed by atoms with van der Waals surface area (Å²) in [6, 6.07) is 13.0. The Morgan fingerprint density at radius 1 is 1.24 bits per heavy atom.